The highest BCUT2D eigenvalue weighted by atomic mass is 35.9. The number of halogens is 10. The van der Waals surface area contributed by atoms with Gasteiger partial charge in [-0.1, -0.05) is 144 Å². The van der Waals surface area contributed by atoms with Crippen molar-refractivity contribution in [3.05, 3.63) is 164 Å². The molecule has 56 heteroatoms. The molecule has 0 amide bonds. The van der Waals surface area contributed by atoms with Crippen LogP contribution in [0.1, 0.15) is 195 Å². The Hall–Kier alpha value is -6.87. The number of aliphatic hydroxyl groups is 5. The molecule has 13 N–H and O–H groups in total. The van der Waals surface area contributed by atoms with Crippen LogP contribution in [0.5, 0.6) is 0 Å². The van der Waals surface area contributed by atoms with Crippen molar-refractivity contribution >= 4 is 216 Å². The van der Waals surface area contributed by atoms with Crippen LogP contribution in [-0.2, 0) is 55.9 Å². The minimum Gasteiger partial charge on any atom is -0.451 e. The van der Waals surface area contributed by atoms with Crippen molar-refractivity contribution in [2.24, 2.45) is 17.6 Å². The molecular weight excluding hydrogens is 2150 g/mol. The third-order valence-electron chi connectivity index (χ3n) is 24.9. The lowest BCUT2D eigenvalue weighted by Crippen LogP contribution is -2.46. The number of fused-ring (bicyclic) bond motifs is 4. The molecular formula is C86H107Cl10N19O23P4. The zero-order chi connectivity index (χ0) is 104. The van der Waals surface area contributed by atoms with Gasteiger partial charge in [-0.3, -0.25) is 32.0 Å². The number of nitrogens with one attached hydrogen (secondary N) is 3. The summed E-state index contributed by atoms with van der Waals surface area (Å²) in [6.45, 7) is 13.2. The van der Waals surface area contributed by atoms with Crippen LogP contribution in [-0.4, -0.2) is 245 Å². The fourth-order valence-corrected chi connectivity index (χ4v) is 29.8. The Balaban J connectivity index is 0.000000156. The number of nitrogens with zero attached hydrogens (tertiary/aromatic N) is 15. The molecule has 11 aromatic rings. The molecule has 2 unspecified atom stereocenters. The van der Waals surface area contributed by atoms with Gasteiger partial charge in [0.25, 0.3) is 11.7 Å². The lowest BCUT2D eigenvalue weighted by molar-refractivity contribution is -0.169. The van der Waals surface area contributed by atoms with Crippen molar-refractivity contribution in [3.63, 3.8) is 0 Å². The number of aliphatic hydroxyl groups excluding tert-OH is 3. The van der Waals surface area contributed by atoms with Gasteiger partial charge >= 0.3 is 33.1 Å². The van der Waals surface area contributed by atoms with Crippen LogP contribution >= 0.6 is 141 Å². The standard InChI is InChI=1S/C22H24O5.C20H20Cl2N4O3.C17H26ClN5O9P2.C16H22ClN5O4.C5H2Cl2N4.C5H11N.CH2Cl4O2P2/c1-4-18-15(2)22(3,27-20(24)17-13-9-6-10-14-17)21(25-18)26-19(23)16-11-7-5-8-12-16;1-4-13-11(2)20(3,29-17(27)12-8-6-5-7-9-12)18(28-13)26-10-23-14-15(21)24-19(22)25-16(14)26;1-17(25)12(24)10(6-31-34(29,30)8-33(26,27)28)32-15(17)23-7-19-11-13(20-9-4-2-3-5-9)21-16(18)22-14(11)23;1-16(25)11(24)9(6-23)26-14(16)22-7-18-10-12(19-8-4-2-3-5-8)20-15(17)21-13(10)22;6-3-2-4(9-1-8-2)11-5(7)10-3;6-5-3-1-2-4-5;2-8(3,6)1-9(4,5)7/h5-15,18,21H,4H2,1-3H3;5-11,13,18H,4H2,1-3H3;7,9-10,12,15,24-25H,2-6,8H2,1H3,(H,29,30)(H,20,21,22)(H2,26,27,28);7-9,11,14,23-25H,2-6H2,1H3,(H,19,20,21);1H,(H,8,9,10,11);5H,1-4,6H2;1H2/t15-,18-,21?,22-;11-,13-,18-,20-;10-,12-,15-,17-;9-,11-,14-,16-;;;/m1111.../s1. The van der Waals surface area contributed by atoms with E-state index < -0.39 is 142 Å². The zero-order valence-corrected chi connectivity index (χ0v) is 88.6. The first-order chi connectivity index (χ1) is 66.9. The molecule has 4 aliphatic heterocycles. The highest BCUT2D eigenvalue weighted by Crippen LogP contribution is 2.72. The molecule has 142 heavy (non-hydrogen) atoms. The van der Waals surface area contributed by atoms with Gasteiger partial charge in [-0.25, -0.2) is 44.3 Å². The molecule has 0 spiro atoms. The fourth-order valence-electron chi connectivity index (χ4n) is 17.1. The third kappa shape index (κ3) is 28.6. The lowest BCUT2D eigenvalue weighted by atomic mass is 9.86. The van der Waals surface area contributed by atoms with Crippen molar-refractivity contribution < 1.29 is 111 Å². The number of rotatable bonds is 23. The first kappa shape index (κ1) is 114. The van der Waals surface area contributed by atoms with Gasteiger partial charge in [0, 0.05) is 30.0 Å². The summed E-state index contributed by atoms with van der Waals surface area (Å²) in [7, 11) is -9.51. The van der Waals surface area contributed by atoms with E-state index >= 15 is 0 Å². The molecule has 3 saturated carbocycles. The third-order valence-corrected chi connectivity index (χ3v) is 36.0. The van der Waals surface area contributed by atoms with Crippen LogP contribution in [0.15, 0.2) is 116 Å². The number of carbonyl (C=O) groups is 3. The van der Waals surface area contributed by atoms with Crippen LogP contribution in [0.25, 0.3) is 44.7 Å². The highest BCUT2D eigenvalue weighted by molar-refractivity contribution is 8.21. The van der Waals surface area contributed by atoms with E-state index in [4.69, 9.17) is 168 Å². The molecule has 7 aliphatic rings. The molecule has 17 atom stereocenters. The smallest absolute Gasteiger partial charge is 0.340 e. The highest BCUT2D eigenvalue weighted by Gasteiger charge is 2.59. The van der Waals surface area contributed by atoms with Gasteiger partial charge in [-0.15, -0.1) is 0 Å². The van der Waals surface area contributed by atoms with E-state index in [1.807, 2.05) is 52.8 Å². The second-order valence-corrected chi connectivity index (χ2v) is 52.4. The summed E-state index contributed by atoms with van der Waals surface area (Å²) in [6, 6.07) is 27.4. The van der Waals surface area contributed by atoms with Crippen LogP contribution in [0.4, 0.5) is 11.6 Å². The van der Waals surface area contributed by atoms with Gasteiger partial charge in [0.1, 0.15) is 52.6 Å². The Morgan fingerprint density at radius 2 is 0.887 bits per heavy atom. The summed E-state index contributed by atoms with van der Waals surface area (Å²) in [5.41, 5.74) is 4.72. The molecule has 12 heterocycles. The van der Waals surface area contributed by atoms with Crippen LogP contribution in [0.2, 0.25) is 31.4 Å². The average Bonchev–Trinajstić information content (AvgIpc) is 1.58. The Kier molecular flexibility index (Phi) is 39.0. The van der Waals surface area contributed by atoms with Crippen molar-refractivity contribution in [1.29, 1.82) is 0 Å². The van der Waals surface area contributed by atoms with E-state index in [0.29, 0.717) is 79.4 Å². The Morgan fingerprint density at radius 1 is 0.500 bits per heavy atom. The molecule has 4 saturated heterocycles. The van der Waals surface area contributed by atoms with Gasteiger partial charge in [0.15, 0.2) is 91.4 Å². The first-order valence-corrected chi connectivity index (χ1v) is 58.1. The number of ether oxygens (including phenoxy) is 7. The largest absolute Gasteiger partial charge is 0.451 e. The number of nitrogens with two attached hydrogens (primary N) is 1. The van der Waals surface area contributed by atoms with E-state index in [-0.39, 0.29) is 67.2 Å². The van der Waals surface area contributed by atoms with Gasteiger partial charge in [0.05, 0.1) is 67.4 Å². The number of hydrogen-bond donors (Lipinski definition) is 12. The summed E-state index contributed by atoms with van der Waals surface area (Å²) in [4.78, 5) is 118. The van der Waals surface area contributed by atoms with E-state index in [0.717, 1.165) is 51.4 Å². The maximum atomic E-state index is 12.9. The van der Waals surface area contributed by atoms with Gasteiger partial charge in [-0.2, -0.15) is 29.9 Å². The van der Waals surface area contributed by atoms with Gasteiger partial charge in [-0.05, 0) is 207 Å². The molecule has 0 radical (unpaired) electrons. The van der Waals surface area contributed by atoms with Crippen LogP contribution in [0.3, 0.4) is 0 Å². The van der Waals surface area contributed by atoms with E-state index in [2.05, 4.69) is 75.4 Å². The maximum absolute atomic E-state index is 12.9. The van der Waals surface area contributed by atoms with Crippen molar-refractivity contribution in [2.75, 3.05) is 35.7 Å². The Morgan fingerprint density at radius 3 is 1.32 bits per heavy atom. The Labute approximate surface area is 863 Å². The molecule has 42 nitrogen and oxygen atoms in total. The number of aromatic amines is 1. The minimum absolute atomic E-state index is 0.00493. The number of imidazole rings is 4. The van der Waals surface area contributed by atoms with Crippen LogP contribution in [0, 0.1) is 11.8 Å². The molecule has 18 rings (SSSR count). The number of esters is 3. The number of aromatic nitrogens is 16. The quantitative estimate of drug-likeness (QED) is 0.00930. The molecule has 3 aliphatic carbocycles. The summed E-state index contributed by atoms with van der Waals surface area (Å²) in [5, 5.41) is 59.1. The normalized spacial score (nSPS) is 26.6. The van der Waals surface area contributed by atoms with Gasteiger partial charge in [0.2, 0.25) is 27.4 Å². The fraction of sp³-hybridized carbons (Fsp3) is 0.523. The summed E-state index contributed by atoms with van der Waals surface area (Å²) < 4.78 is 94.3. The minimum atomic E-state index is -4.83. The summed E-state index contributed by atoms with van der Waals surface area (Å²) in [5.74, 6) is -9.29. The molecule has 7 fully saturated rings. The molecule has 0 bridgehead atoms. The van der Waals surface area contributed by atoms with E-state index in [9.17, 15) is 63.1 Å². The first-order valence-electron chi connectivity index (χ1n) is 44.9. The molecule has 774 valence electrons. The maximum Gasteiger partial charge on any atom is 0.340 e. The van der Waals surface area contributed by atoms with Crippen molar-refractivity contribution in [2.45, 2.75) is 247 Å². The lowest BCUT2D eigenvalue weighted by Gasteiger charge is -2.33. The van der Waals surface area contributed by atoms with E-state index in [1.165, 1.54) is 80.5 Å². The summed E-state index contributed by atoms with van der Waals surface area (Å²) >= 11 is 55.6. The van der Waals surface area contributed by atoms with E-state index in [1.54, 1.807) is 90.6 Å². The predicted octanol–water partition coefficient (Wildman–Crippen LogP) is 17.8. The second-order valence-electron chi connectivity index (χ2n) is 35.3. The Bertz CT molecular complexity index is 6350. The number of hydrogen-bond acceptors (Lipinski definition) is 35. The summed E-state index contributed by atoms with van der Waals surface area (Å²) in [6.07, 6.45) is 12.1. The number of carbonyl (C=O) groups excluding carboxylic acids is 3. The molecule has 8 aromatic heterocycles. The average molecular weight is 2250 g/mol. The molecule has 3 aromatic carbocycles. The number of benzene rings is 3. The monoisotopic (exact) mass is 2250 g/mol. The van der Waals surface area contributed by atoms with Crippen LogP contribution < -0.4 is 16.4 Å². The predicted molar refractivity (Wildman–Crippen MR) is 534 cm³/mol. The number of anilines is 2. The SMILES string of the molecule is CC[C@H]1OC(OC(=O)c2ccccc2)[C@](C)(OC(=O)c2ccccc2)[C@@H]1C.CC[C@H]1O[C@@H](n2cnc3c(Cl)nc(Cl)nc32)[C@](C)(OC(=O)c2ccccc2)[C@@H]1C.C[C@@]1(O)[C@H](O)[C@@H](CO)O[C@H]1n1cnc2c(NC3CCCC3)nc(Cl)nc21.C[C@@]1(O)[C@H](O)[C@@H](COP(=O)(O)CP(=O)(O)O)O[C@H]1n1cnc2c(NC3CCCC3)nc(Cl)nc21.Clc1nc(Cl)c2[nH]cnc2n1.NC1CCCC1.O=P(Cl)(Cl)CP(=O)(Cl)Cl. The van der Waals surface area contributed by atoms with Crippen molar-refractivity contribution in [3.8, 4) is 0 Å². The second kappa shape index (κ2) is 48.6. The van der Waals surface area contributed by atoms with Crippen molar-refractivity contribution in [1.82, 2.24) is 78.5 Å². The number of H-pyrrole nitrogens is 1. The topological polar surface area (TPSA) is 591 Å². The zero-order valence-electron chi connectivity index (χ0n) is 77.4. The van der Waals surface area contributed by atoms with Gasteiger partial charge < -0.3 is 99.2 Å².